The van der Waals surface area contributed by atoms with Gasteiger partial charge in [-0.25, -0.2) is 8.42 Å². The number of benzene rings is 1. The lowest BCUT2D eigenvalue weighted by atomic mass is 10.4. The van der Waals surface area contributed by atoms with Crippen LogP contribution in [0.3, 0.4) is 0 Å². The molecular formula is C15H19NO2S. The minimum Gasteiger partial charge on any atom is -0.207 e. The Kier molecular flexibility index (Phi) is 6.34. The van der Waals surface area contributed by atoms with E-state index in [9.17, 15) is 8.42 Å². The Morgan fingerprint density at radius 3 is 2.47 bits per heavy atom. The van der Waals surface area contributed by atoms with Crippen LogP contribution in [0, 0.1) is 11.8 Å². The average molecular weight is 277 g/mol. The number of hydrogen-bond donors (Lipinski definition) is 0. The van der Waals surface area contributed by atoms with Crippen LogP contribution in [0.15, 0.2) is 47.4 Å². The van der Waals surface area contributed by atoms with Crippen LogP contribution in [0.5, 0.6) is 0 Å². The number of hydrogen-bond acceptors (Lipinski definition) is 2. The molecule has 0 aliphatic carbocycles. The van der Waals surface area contributed by atoms with Gasteiger partial charge in [-0.2, -0.15) is 4.31 Å². The van der Waals surface area contributed by atoms with Gasteiger partial charge in [0.15, 0.2) is 0 Å². The lowest BCUT2D eigenvalue weighted by Gasteiger charge is -2.18. The highest BCUT2D eigenvalue weighted by molar-refractivity contribution is 7.89. The molecule has 0 amide bonds. The van der Waals surface area contributed by atoms with Crippen molar-refractivity contribution in [2.24, 2.45) is 0 Å². The van der Waals surface area contributed by atoms with E-state index in [1.165, 1.54) is 4.31 Å². The second-order valence-electron chi connectivity index (χ2n) is 3.89. The average Bonchev–Trinajstić information content (AvgIpc) is 2.43. The third-order valence-electron chi connectivity index (χ3n) is 2.48. The fourth-order valence-corrected chi connectivity index (χ4v) is 2.80. The lowest BCUT2D eigenvalue weighted by Crippen LogP contribution is -2.31. The smallest absolute Gasteiger partial charge is 0.207 e. The van der Waals surface area contributed by atoms with Crippen LogP contribution in [0.1, 0.15) is 20.3 Å². The van der Waals surface area contributed by atoms with Crippen LogP contribution >= 0.6 is 0 Å². The molecule has 1 aromatic rings. The van der Waals surface area contributed by atoms with Crippen LogP contribution < -0.4 is 0 Å². The second kappa shape index (κ2) is 7.78. The van der Waals surface area contributed by atoms with Crippen molar-refractivity contribution in [3.63, 3.8) is 0 Å². The van der Waals surface area contributed by atoms with E-state index in [0.717, 1.165) is 6.42 Å². The number of nitrogens with zero attached hydrogens (tertiary/aromatic N) is 1. The quantitative estimate of drug-likeness (QED) is 0.613. The van der Waals surface area contributed by atoms with Gasteiger partial charge in [0.2, 0.25) is 10.0 Å². The molecule has 0 heterocycles. The highest BCUT2D eigenvalue weighted by atomic mass is 32.2. The van der Waals surface area contributed by atoms with E-state index in [-0.39, 0.29) is 6.54 Å². The Balaban J connectivity index is 3.01. The number of allylic oxidation sites excluding steroid dienone is 1. The van der Waals surface area contributed by atoms with Crippen molar-refractivity contribution in [3.8, 4) is 11.8 Å². The van der Waals surface area contributed by atoms with Gasteiger partial charge in [-0.15, -0.1) is 5.92 Å². The maximum absolute atomic E-state index is 12.5. The molecule has 0 fully saturated rings. The van der Waals surface area contributed by atoms with Crippen LogP contribution in [0.4, 0.5) is 0 Å². The van der Waals surface area contributed by atoms with Crippen LogP contribution in [0.2, 0.25) is 0 Å². The highest BCUT2D eigenvalue weighted by Crippen LogP contribution is 2.14. The molecular weight excluding hydrogens is 258 g/mol. The zero-order chi connectivity index (χ0) is 14.1. The molecule has 0 saturated heterocycles. The molecule has 0 unspecified atom stereocenters. The molecule has 0 aliphatic heterocycles. The minimum absolute atomic E-state index is 0.218. The Morgan fingerprint density at radius 2 is 1.89 bits per heavy atom. The predicted octanol–water partition coefficient (Wildman–Crippen LogP) is 2.67. The van der Waals surface area contributed by atoms with Crippen molar-refractivity contribution >= 4 is 10.0 Å². The third kappa shape index (κ3) is 4.55. The van der Waals surface area contributed by atoms with E-state index in [2.05, 4.69) is 11.8 Å². The molecule has 3 nitrogen and oxygen atoms in total. The second-order valence-corrected chi connectivity index (χ2v) is 5.82. The number of rotatable bonds is 5. The van der Waals surface area contributed by atoms with Crippen molar-refractivity contribution in [1.82, 2.24) is 4.31 Å². The van der Waals surface area contributed by atoms with Crippen molar-refractivity contribution in [3.05, 3.63) is 42.5 Å². The van der Waals surface area contributed by atoms with Gasteiger partial charge in [0, 0.05) is 13.0 Å². The summed E-state index contributed by atoms with van der Waals surface area (Å²) in [5.41, 5.74) is 0. The van der Waals surface area contributed by atoms with E-state index in [0.29, 0.717) is 11.4 Å². The third-order valence-corrected chi connectivity index (χ3v) is 4.31. The maximum atomic E-state index is 12.5. The van der Waals surface area contributed by atoms with Crippen molar-refractivity contribution < 1.29 is 8.42 Å². The summed E-state index contributed by atoms with van der Waals surface area (Å²) in [6.07, 6.45) is 4.37. The Hall–Kier alpha value is -1.57. The Bertz CT molecular complexity index is 565. The van der Waals surface area contributed by atoms with E-state index < -0.39 is 10.0 Å². The summed E-state index contributed by atoms with van der Waals surface area (Å²) in [4.78, 5) is 0.304. The van der Waals surface area contributed by atoms with Gasteiger partial charge < -0.3 is 0 Å². The van der Waals surface area contributed by atoms with Gasteiger partial charge in [-0.3, -0.25) is 0 Å². The van der Waals surface area contributed by atoms with Gasteiger partial charge in [0.05, 0.1) is 11.4 Å². The van der Waals surface area contributed by atoms with Crippen molar-refractivity contribution in [2.75, 3.05) is 13.1 Å². The summed E-state index contributed by atoms with van der Waals surface area (Å²) in [6.45, 7) is 4.36. The fraction of sp³-hybridized carbons (Fsp3) is 0.333. The van der Waals surface area contributed by atoms with Crippen LogP contribution in [-0.4, -0.2) is 25.8 Å². The highest BCUT2D eigenvalue weighted by Gasteiger charge is 2.22. The van der Waals surface area contributed by atoms with Crippen LogP contribution in [0.25, 0.3) is 0 Å². The van der Waals surface area contributed by atoms with Gasteiger partial charge in [0.1, 0.15) is 0 Å². The molecule has 0 aromatic heterocycles. The van der Waals surface area contributed by atoms with Crippen molar-refractivity contribution in [2.45, 2.75) is 25.2 Å². The summed E-state index contributed by atoms with van der Waals surface area (Å²) in [6, 6.07) is 8.44. The first-order chi connectivity index (χ1) is 9.12. The van der Waals surface area contributed by atoms with Gasteiger partial charge in [0.25, 0.3) is 0 Å². The molecule has 0 atom stereocenters. The standard InChI is InChI=1S/C15H19NO2S/c1-3-5-10-14-16(13-6-4-2)19(17,18)15-11-8-7-9-12-15/h4,6-9,11-12H,3,13-14H2,1-2H3/b6-4+. The molecule has 19 heavy (non-hydrogen) atoms. The maximum Gasteiger partial charge on any atom is 0.244 e. The normalized spacial score (nSPS) is 11.5. The molecule has 0 aliphatic rings. The Labute approximate surface area is 116 Å². The van der Waals surface area contributed by atoms with Gasteiger partial charge in [-0.05, 0) is 19.1 Å². The number of sulfonamides is 1. The monoisotopic (exact) mass is 277 g/mol. The zero-order valence-corrected chi connectivity index (χ0v) is 12.2. The molecule has 0 bridgehead atoms. The van der Waals surface area contributed by atoms with Crippen LogP contribution in [-0.2, 0) is 10.0 Å². The molecule has 0 N–H and O–H groups in total. The minimum atomic E-state index is -3.47. The molecule has 0 saturated carbocycles. The summed E-state index contributed by atoms with van der Waals surface area (Å²) in [5, 5.41) is 0. The summed E-state index contributed by atoms with van der Waals surface area (Å²) in [7, 11) is -3.47. The summed E-state index contributed by atoms with van der Waals surface area (Å²) < 4.78 is 26.3. The largest absolute Gasteiger partial charge is 0.244 e. The first-order valence-corrected chi connectivity index (χ1v) is 7.69. The fourth-order valence-electron chi connectivity index (χ4n) is 1.48. The lowest BCUT2D eigenvalue weighted by molar-refractivity contribution is 0.478. The molecule has 1 aromatic carbocycles. The first-order valence-electron chi connectivity index (χ1n) is 6.25. The Morgan fingerprint density at radius 1 is 1.21 bits per heavy atom. The molecule has 0 spiro atoms. The molecule has 0 radical (unpaired) electrons. The molecule has 1 rings (SSSR count). The zero-order valence-electron chi connectivity index (χ0n) is 11.3. The molecule has 102 valence electrons. The molecule has 4 heteroatoms. The van der Waals surface area contributed by atoms with Crippen molar-refractivity contribution in [1.29, 1.82) is 0 Å². The van der Waals surface area contributed by atoms with Gasteiger partial charge >= 0.3 is 0 Å². The first kappa shape index (κ1) is 15.5. The van der Waals surface area contributed by atoms with E-state index in [1.54, 1.807) is 30.3 Å². The van der Waals surface area contributed by atoms with Gasteiger partial charge in [-0.1, -0.05) is 43.2 Å². The van der Waals surface area contributed by atoms with E-state index in [4.69, 9.17) is 0 Å². The summed E-state index contributed by atoms with van der Waals surface area (Å²) in [5.74, 6) is 5.78. The SMILES string of the molecule is C/C=C/CN(CC#CCC)S(=O)(=O)c1ccccc1. The van der Waals surface area contributed by atoms with E-state index in [1.807, 2.05) is 26.0 Å². The topological polar surface area (TPSA) is 37.4 Å². The predicted molar refractivity (Wildman–Crippen MR) is 78.1 cm³/mol. The van der Waals surface area contributed by atoms with E-state index >= 15 is 0 Å². The summed E-state index contributed by atoms with van der Waals surface area (Å²) >= 11 is 0.